The van der Waals surface area contributed by atoms with Crippen molar-refractivity contribution in [1.82, 2.24) is 5.32 Å². The van der Waals surface area contributed by atoms with Crippen LogP contribution in [0.4, 0.5) is 5.69 Å². The summed E-state index contributed by atoms with van der Waals surface area (Å²) in [5.74, 6) is -0.389. The van der Waals surface area contributed by atoms with Crippen molar-refractivity contribution in [2.75, 3.05) is 11.9 Å². The maximum atomic E-state index is 12.6. The summed E-state index contributed by atoms with van der Waals surface area (Å²) in [6.07, 6.45) is 2.23. The van der Waals surface area contributed by atoms with E-state index in [1.807, 2.05) is 20.8 Å². The molecule has 1 aromatic carbocycles. The normalized spacial score (nSPS) is 26.3. The number of carbonyl (C=O) groups is 2. The molecular weight excluding hydrogens is 320 g/mol. The third kappa shape index (κ3) is 4.72. The van der Waals surface area contributed by atoms with Crippen LogP contribution >= 0.6 is 0 Å². The number of phenolic OH excluding ortho intramolecular Hbond substituents is 1. The third-order valence-corrected chi connectivity index (χ3v) is 5.00. The Balaban J connectivity index is 1.95. The molecule has 1 aliphatic carbocycles. The zero-order valence-corrected chi connectivity index (χ0v) is 15.1. The van der Waals surface area contributed by atoms with Gasteiger partial charge in [0.25, 0.3) is 5.91 Å². The summed E-state index contributed by atoms with van der Waals surface area (Å²) >= 11 is 0. The van der Waals surface area contributed by atoms with Crippen molar-refractivity contribution in [3.05, 3.63) is 24.3 Å². The van der Waals surface area contributed by atoms with Gasteiger partial charge in [0.1, 0.15) is 11.4 Å². The molecule has 1 aromatic rings. The van der Waals surface area contributed by atoms with E-state index in [0.29, 0.717) is 12.1 Å². The Labute approximate surface area is 148 Å². The number of nitrogens with one attached hydrogen (secondary N) is 2. The molecule has 3 atom stereocenters. The van der Waals surface area contributed by atoms with Crippen LogP contribution in [0, 0.1) is 17.8 Å². The van der Waals surface area contributed by atoms with Crippen molar-refractivity contribution in [1.29, 1.82) is 0 Å². The minimum absolute atomic E-state index is 0.108. The lowest BCUT2D eigenvalue weighted by Crippen LogP contribution is -2.57. The molecule has 25 heavy (non-hydrogen) atoms. The lowest BCUT2D eigenvalue weighted by Gasteiger charge is -2.43. The lowest BCUT2D eigenvalue weighted by atomic mass is 9.66. The summed E-state index contributed by atoms with van der Waals surface area (Å²) in [6.45, 7) is 5.85. The predicted molar refractivity (Wildman–Crippen MR) is 96.0 cm³/mol. The van der Waals surface area contributed by atoms with Crippen LogP contribution in [0.5, 0.6) is 5.75 Å². The second kappa shape index (κ2) is 7.87. The van der Waals surface area contributed by atoms with Crippen molar-refractivity contribution in [2.24, 2.45) is 17.8 Å². The summed E-state index contributed by atoms with van der Waals surface area (Å²) in [5, 5.41) is 25.5. The van der Waals surface area contributed by atoms with Gasteiger partial charge < -0.3 is 20.8 Å². The minimum atomic E-state index is -1.43. The van der Waals surface area contributed by atoms with E-state index >= 15 is 0 Å². The van der Waals surface area contributed by atoms with E-state index in [0.717, 1.165) is 12.8 Å². The molecule has 1 fully saturated rings. The van der Waals surface area contributed by atoms with Crippen molar-refractivity contribution < 1.29 is 19.8 Å². The molecule has 0 aromatic heterocycles. The molecule has 6 nitrogen and oxygen atoms in total. The highest BCUT2D eigenvalue weighted by Gasteiger charge is 2.48. The fourth-order valence-corrected chi connectivity index (χ4v) is 3.70. The molecule has 1 aliphatic rings. The smallest absolute Gasteiger partial charge is 0.252 e. The van der Waals surface area contributed by atoms with Crippen LogP contribution in [-0.4, -0.2) is 34.2 Å². The van der Waals surface area contributed by atoms with Gasteiger partial charge in [-0.25, -0.2) is 0 Å². The van der Waals surface area contributed by atoms with Gasteiger partial charge in [-0.1, -0.05) is 27.2 Å². The molecule has 6 heteroatoms. The molecule has 0 saturated heterocycles. The van der Waals surface area contributed by atoms with Gasteiger partial charge in [-0.3, -0.25) is 9.59 Å². The van der Waals surface area contributed by atoms with Crippen LogP contribution in [0.1, 0.15) is 40.0 Å². The average Bonchev–Trinajstić information content (AvgIpc) is 2.54. The first-order chi connectivity index (χ1) is 11.7. The number of amides is 2. The number of aromatic hydroxyl groups is 1. The summed E-state index contributed by atoms with van der Waals surface area (Å²) < 4.78 is 0. The standard InChI is InChI=1S/C19H28N2O4/c1-12(2)16-9-4-13(3)10-19(16,25)18(24)20-11-17(23)21-14-5-7-15(22)8-6-14/h5-8,12-13,16,22,25H,4,9-11H2,1-3H3,(H,20,24)(H,21,23)/t13-,16+,19+/m1/s1. The molecular formula is C19H28N2O4. The number of phenols is 1. The van der Waals surface area contributed by atoms with Gasteiger partial charge in [0.05, 0.1) is 6.54 Å². The average molecular weight is 348 g/mol. The fraction of sp³-hybridized carbons (Fsp3) is 0.579. The lowest BCUT2D eigenvalue weighted by molar-refractivity contribution is -0.156. The van der Waals surface area contributed by atoms with Crippen LogP contribution in [-0.2, 0) is 9.59 Å². The second-order valence-corrected chi connectivity index (χ2v) is 7.44. The number of anilines is 1. The van der Waals surface area contributed by atoms with Crippen LogP contribution < -0.4 is 10.6 Å². The first kappa shape index (κ1) is 19.2. The third-order valence-electron chi connectivity index (χ3n) is 5.00. The topological polar surface area (TPSA) is 98.7 Å². The van der Waals surface area contributed by atoms with Crippen molar-refractivity contribution in [3.63, 3.8) is 0 Å². The predicted octanol–water partition coefficient (Wildman–Crippen LogP) is 2.27. The van der Waals surface area contributed by atoms with Gasteiger partial charge in [-0.15, -0.1) is 0 Å². The first-order valence-corrected chi connectivity index (χ1v) is 8.82. The number of hydrogen-bond acceptors (Lipinski definition) is 4. The van der Waals surface area contributed by atoms with E-state index in [1.165, 1.54) is 12.1 Å². The van der Waals surface area contributed by atoms with E-state index in [4.69, 9.17) is 0 Å². The summed E-state index contributed by atoms with van der Waals surface area (Å²) in [5.41, 5.74) is -0.896. The Bertz CT molecular complexity index is 614. The van der Waals surface area contributed by atoms with Crippen molar-refractivity contribution in [2.45, 2.75) is 45.6 Å². The number of rotatable bonds is 5. The maximum absolute atomic E-state index is 12.6. The highest BCUT2D eigenvalue weighted by atomic mass is 16.3. The highest BCUT2D eigenvalue weighted by molar-refractivity contribution is 5.96. The molecule has 0 radical (unpaired) electrons. The monoisotopic (exact) mass is 348 g/mol. The van der Waals surface area contributed by atoms with E-state index in [9.17, 15) is 19.8 Å². The van der Waals surface area contributed by atoms with Crippen molar-refractivity contribution >= 4 is 17.5 Å². The van der Waals surface area contributed by atoms with Gasteiger partial charge in [0, 0.05) is 5.69 Å². The maximum Gasteiger partial charge on any atom is 0.252 e. The Morgan fingerprint density at radius 1 is 1.24 bits per heavy atom. The number of hydrogen-bond donors (Lipinski definition) is 4. The van der Waals surface area contributed by atoms with E-state index in [-0.39, 0.29) is 36.0 Å². The van der Waals surface area contributed by atoms with Gasteiger partial charge in [-0.2, -0.15) is 0 Å². The molecule has 2 rings (SSSR count). The number of carbonyl (C=O) groups excluding carboxylic acids is 2. The fourth-order valence-electron chi connectivity index (χ4n) is 3.70. The first-order valence-electron chi connectivity index (χ1n) is 8.82. The van der Waals surface area contributed by atoms with Crippen molar-refractivity contribution in [3.8, 4) is 5.75 Å². The molecule has 0 bridgehead atoms. The molecule has 0 unspecified atom stereocenters. The summed E-state index contributed by atoms with van der Waals surface area (Å²) in [4.78, 5) is 24.6. The molecule has 0 aliphatic heterocycles. The zero-order valence-electron chi connectivity index (χ0n) is 15.1. The molecule has 138 valence electrons. The molecule has 0 heterocycles. The van der Waals surface area contributed by atoms with Crippen LogP contribution in [0.25, 0.3) is 0 Å². The molecule has 0 spiro atoms. The number of benzene rings is 1. The van der Waals surface area contributed by atoms with Crippen LogP contribution in [0.2, 0.25) is 0 Å². The zero-order chi connectivity index (χ0) is 18.6. The van der Waals surface area contributed by atoms with E-state index in [1.54, 1.807) is 12.1 Å². The molecule has 2 amide bonds. The SMILES string of the molecule is CC(C)[C@@H]1CC[C@@H](C)C[C@@]1(O)C(=O)NCC(=O)Nc1ccc(O)cc1. The quantitative estimate of drug-likeness (QED) is 0.614. The van der Waals surface area contributed by atoms with Gasteiger partial charge in [0.2, 0.25) is 5.91 Å². The minimum Gasteiger partial charge on any atom is -0.508 e. The molecule has 4 N–H and O–H groups in total. The van der Waals surface area contributed by atoms with E-state index < -0.39 is 11.5 Å². The van der Waals surface area contributed by atoms with E-state index in [2.05, 4.69) is 10.6 Å². The Hall–Kier alpha value is -2.08. The van der Waals surface area contributed by atoms with Gasteiger partial charge >= 0.3 is 0 Å². The van der Waals surface area contributed by atoms with Gasteiger partial charge in [-0.05, 0) is 54.9 Å². The van der Waals surface area contributed by atoms with Crippen LogP contribution in [0.15, 0.2) is 24.3 Å². The molecule has 1 saturated carbocycles. The summed E-state index contributed by atoms with van der Waals surface area (Å²) in [6, 6.07) is 6.07. The summed E-state index contributed by atoms with van der Waals surface area (Å²) in [7, 11) is 0. The Kier molecular flexibility index (Phi) is 6.06. The Morgan fingerprint density at radius 2 is 1.88 bits per heavy atom. The highest BCUT2D eigenvalue weighted by Crippen LogP contribution is 2.41. The van der Waals surface area contributed by atoms with Gasteiger partial charge in [0.15, 0.2) is 0 Å². The number of aliphatic hydroxyl groups is 1. The Morgan fingerprint density at radius 3 is 2.48 bits per heavy atom. The van der Waals surface area contributed by atoms with Crippen LogP contribution in [0.3, 0.4) is 0 Å². The second-order valence-electron chi connectivity index (χ2n) is 7.44. The largest absolute Gasteiger partial charge is 0.508 e.